The summed E-state index contributed by atoms with van der Waals surface area (Å²) in [5.74, 6) is 1.48. The molecule has 0 spiro atoms. The number of nitrogens with one attached hydrogen (secondary N) is 1. The Morgan fingerprint density at radius 1 is 1.11 bits per heavy atom. The van der Waals surface area contributed by atoms with E-state index in [-0.39, 0.29) is 11.9 Å². The van der Waals surface area contributed by atoms with Gasteiger partial charge < -0.3 is 13.9 Å². The number of nitrogens with zero attached hydrogens (tertiary/aromatic N) is 4. The molecule has 0 fully saturated rings. The summed E-state index contributed by atoms with van der Waals surface area (Å²) in [6.45, 7) is 0. The Labute approximate surface area is 158 Å². The van der Waals surface area contributed by atoms with E-state index in [1.54, 1.807) is 25.3 Å². The number of thiazole rings is 1. The first-order valence-electron chi connectivity index (χ1n) is 7.84. The van der Waals surface area contributed by atoms with Crippen molar-refractivity contribution >= 4 is 32.7 Å². The van der Waals surface area contributed by atoms with Crippen LogP contribution in [0.15, 0.2) is 40.8 Å². The molecule has 0 aliphatic heterocycles. The monoisotopic (exact) mass is 379 g/mol. The molecular weight excluding hydrogens is 366 g/mol. The van der Waals surface area contributed by atoms with Crippen LogP contribution in [0.3, 0.4) is 0 Å². The Morgan fingerprint density at radius 3 is 2.74 bits per heavy atom. The fourth-order valence-electron chi connectivity index (χ4n) is 2.55. The maximum absolute atomic E-state index is 9.21. The van der Waals surface area contributed by atoms with Gasteiger partial charge in [-0.25, -0.2) is 4.98 Å². The van der Waals surface area contributed by atoms with Crippen molar-refractivity contribution in [2.75, 3.05) is 19.5 Å². The Hall–Kier alpha value is -3.64. The highest BCUT2D eigenvalue weighted by atomic mass is 32.1. The molecule has 8 nitrogen and oxygen atoms in total. The van der Waals surface area contributed by atoms with Crippen molar-refractivity contribution in [3.05, 3.63) is 42.0 Å². The maximum atomic E-state index is 9.21. The number of aromatic nitrogens is 3. The first-order chi connectivity index (χ1) is 13.2. The minimum absolute atomic E-state index is 0.206. The minimum Gasteiger partial charge on any atom is -0.495 e. The van der Waals surface area contributed by atoms with Crippen LogP contribution in [0.2, 0.25) is 0 Å². The van der Waals surface area contributed by atoms with Gasteiger partial charge >= 0.3 is 6.01 Å². The molecule has 0 saturated heterocycles. The molecule has 2 heterocycles. The normalized spacial score (nSPS) is 10.6. The molecule has 27 heavy (non-hydrogen) atoms. The number of fused-ring (bicyclic) bond motifs is 1. The molecule has 134 valence electrons. The van der Waals surface area contributed by atoms with E-state index < -0.39 is 0 Å². The second-order valence-electron chi connectivity index (χ2n) is 5.39. The van der Waals surface area contributed by atoms with Crippen molar-refractivity contribution < 1.29 is 13.9 Å². The number of para-hydroxylation sites is 1. The molecule has 9 heteroatoms. The molecule has 1 N–H and O–H groups in total. The van der Waals surface area contributed by atoms with E-state index in [0.29, 0.717) is 27.8 Å². The molecule has 0 aliphatic carbocycles. The lowest BCUT2D eigenvalue weighted by Crippen LogP contribution is -1.89. The smallest absolute Gasteiger partial charge is 0.322 e. The molecule has 0 unspecified atom stereocenters. The Kier molecular flexibility index (Phi) is 4.32. The second kappa shape index (κ2) is 6.93. The van der Waals surface area contributed by atoms with Gasteiger partial charge in [0.05, 0.1) is 24.5 Å². The van der Waals surface area contributed by atoms with Crippen molar-refractivity contribution in [2.45, 2.75) is 0 Å². The number of rotatable bonds is 5. The summed E-state index contributed by atoms with van der Waals surface area (Å²) in [4.78, 5) is 4.51. The average Bonchev–Trinajstić information content (AvgIpc) is 3.33. The predicted octanol–water partition coefficient (Wildman–Crippen LogP) is 3.98. The van der Waals surface area contributed by atoms with Crippen molar-refractivity contribution in [2.24, 2.45) is 0 Å². The molecular formula is C18H13N5O3S. The summed E-state index contributed by atoms with van der Waals surface area (Å²) in [7, 11) is 3.12. The lowest BCUT2D eigenvalue weighted by molar-refractivity contribution is 0.413. The first-order valence-corrected chi connectivity index (χ1v) is 8.66. The van der Waals surface area contributed by atoms with Crippen molar-refractivity contribution in [1.82, 2.24) is 15.2 Å². The van der Waals surface area contributed by atoms with Crippen LogP contribution < -0.4 is 14.8 Å². The van der Waals surface area contributed by atoms with E-state index >= 15 is 0 Å². The van der Waals surface area contributed by atoms with Gasteiger partial charge in [0.15, 0.2) is 5.13 Å². The quantitative estimate of drug-likeness (QED) is 0.555. The highest BCUT2D eigenvalue weighted by Gasteiger charge is 2.14. The van der Waals surface area contributed by atoms with E-state index in [1.807, 2.05) is 18.2 Å². The van der Waals surface area contributed by atoms with Crippen LogP contribution in [0, 0.1) is 11.3 Å². The van der Waals surface area contributed by atoms with Crippen LogP contribution in [0.4, 0.5) is 11.1 Å². The second-order valence-corrected chi connectivity index (χ2v) is 6.42. The Balaban J connectivity index is 1.61. The third-order valence-corrected chi connectivity index (χ3v) is 4.74. The molecule has 2 aromatic carbocycles. The highest BCUT2D eigenvalue weighted by Crippen LogP contribution is 2.34. The topological polar surface area (TPSA) is 106 Å². The molecule has 4 aromatic rings. The zero-order chi connectivity index (χ0) is 18.8. The summed E-state index contributed by atoms with van der Waals surface area (Å²) >= 11 is 1.45. The van der Waals surface area contributed by atoms with Crippen LogP contribution in [0.25, 0.3) is 21.7 Å². The van der Waals surface area contributed by atoms with E-state index in [1.165, 1.54) is 18.4 Å². The lowest BCUT2D eigenvalue weighted by atomic mass is 10.1. The largest absolute Gasteiger partial charge is 0.495 e. The zero-order valence-electron chi connectivity index (χ0n) is 14.4. The Bertz CT molecular complexity index is 1160. The van der Waals surface area contributed by atoms with Gasteiger partial charge in [-0.1, -0.05) is 22.5 Å². The number of ether oxygens (including phenoxy) is 2. The predicted molar refractivity (Wildman–Crippen MR) is 100 cm³/mol. The third-order valence-electron chi connectivity index (χ3n) is 3.81. The summed E-state index contributed by atoms with van der Waals surface area (Å²) in [5, 5.41) is 20.8. The number of anilines is 2. The van der Waals surface area contributed by atoms with Crippen LogP contribution in [0.5, 0.6) is 11.5 Å². The van der Waals surface area contributed by atoms with Crippen LogP contribution >= 0.6 is 11.3 Å². The number of methoxy groups -OCH3 is 2. The molecule has 0 bridgehead atoms. The van der Waals surface area contributed by atoms with E-state index in [2.05, 4.69) is 26.6 Å². The van der Waals surface area contributed by atoms with Gasteiger partial charge in [-0.05, 0) is 30.3 Å². The fourth-order valence-corrected chi connectivity index (χ4v) is 3.42. The number of hydrogen-bond acceptors (Lipinski definition) is 9. The molecule has 0 atom stereocenters. The number of benzene rings is 2. The van der Waals surface area contributed by atoms with Crippen LogP contribution in [-0.4, -0.2) is 29.4 Å². The summed E-state index contributed by atoms with van der Waals surface area (Å²) in [6.07, 6.45) is 0. The molecule has 0 saturated carbocycles. The Morgan fingerprint density at radius 2 is 1.96 bits per heavy atom. The molecule has 0 amide bonds. The third kappa shape index (κ3) is 3.14. The molecule has 2 aromatic heterocycles. The number of nitriles is 1. The van der Waals surface area contributed by atoms with Gasteiger partial charge in [0.1, 0.15) is 23.1 Å². The minimum atomic E-state index is 0.206. The molecule has 0 aliphatic rings. The maximum Gasteiger partial charge on any atom is 0.322 e. The summed E-state index contributed by atoms with van der Waals surface area (Å²) in [5.41, 5.74) is 1.78. The molecule has 4 rings (SSSR count). The van der Waals surface area contributed by atoms with E-state index in [0.717, 1.165) is 10.2 Å². The fraction of sp³-hybridized carbons (Fsp3) is 0.111. The van der Waals surface area contributed by atoms with Gasteiger partial charge in [-0.15, -0.1) is 5.10 Å². The zero-order valence-corrected chi connectivity index (χ0v) is 15.2. The van der Waals surface area contributed by atoms with Gasteiger partial charge in [-0.3, -0.25) is 5.32 Å². The van der Waals surface area contributed by atoms with E-state index in [9.17, 15) is 5.26 Å². The summed E-state index contributed by atoms with van der Waals surface area (Å²) in [6, 6.07) is 13.1. The van der Waals surface area contributed by atoms with Crippen molar-refractivity contribution in [3.63, 3.8) is 0 Å². The SMILES string of the molecule is COc1ccc(-c2nnc(Nc3nc4c(OC)cccc4s3)o2)cc1C#N. The summed E-state index contributed by atoms with van der Waals surface area (Å²) < 4.78 is 17.1. The van der Waals surface area contributed by atoms with Gasteiger partial charge in [0.2, 0.25) is 5.89 Å². The van der Waals surface area contributed by atoms with Gasteiger partial charge in [-0.2, -0.15) is 5.26 Å². The standard InChI is InChI=1S/C18H13N5O3S/c1-24-12-7-6-10(8-11(12)9-19)16-22-23-17(26-16)21-18-20-15-13(25-2)4-3-5-14(15)27-18/h3-8H,1-2H3,(H,20,21,23). The lowest BCUT2D eigenvalue weighted by Gasteiger charge is -2.02. The molecule has 0 radical (unpaired) electrons. The number of hydrogen-bond donors (Lipinski definition) is 1. The van der Waals surface area contributed by atoms with Gasteiger partial charge in [0.25, 0.3) is 0 Å². The van der Waals surface area contributed by atoms with Gasteiger partial charge in [0, 0.05) is 5.56 Å². The van der Waals surface area contributed by atoms with Crippen molar-refractivity contribution in [1.29, 1.82) is 5.26 Å². The van der Waals surface area contributed by atoms with Crippen LogP contribution in [-0.2, 0) is 0 Å². The van der Waals surface area contributed by atoms with E-state index in [4.69, 9.17) is 13.9 Å². The average molecular weight is 379 g/mol. The highest BCUT2D eigenvalue weighted by molar-refractivity contribution is 7.22. The van der Waals surface area contributed by atoms with Crippen molar-refractivity contribution in [3.8, 4) is 29.0 Å². The first kappa shape index (κ1) is 16.8. The van der Waals surface area contributed by atoms with Crippen LogP contribution in [0.1, 0.15) is 5.56 Å².